The van der Waals surface area contributed by atoms with E-state index in [1.54, 1.807) is 18.2 Å². The number of nitrogens with zero attached hydrogens (tertiary/aromatic N) is 2. The van der Waals surface area contributed by atoms with Gasteiger partial charge in [-0.25, -0.2) is 9.37 Å². The lowest BCUT2D eigenvalue weighted by Gasteiger charge is -2.21. The highest BCUT2D eigenvalue weighted by molar-refractivity contribution is 9.10. The summed E-state index contributed by atoms with van der Waals surface area (Å²) in [5.41, 5.74) is 1.26. The smallest absolute Gasteiger partial charge is 0.258 e. The zero-order chi connectivity index (χ0) is 20.3. The molecule has 28 heavy (non-hydrogen) atoms. The Balaban J connectivity index is 1.90. The number of nitrogens with one attached hydrogen (secondary N) is 1. The van der Waals surface area contributed by atoms with Gasteiger partial charge in [0.1, 0.15) is 11.6 Å². The van der Waals surface area contributed by atoms with Gasteiger partial charge in [-0.05, 0) is 30.3 Å². The lowest BCUT2D eigenvalue weighted by molar-refractivity contribution is 0.264. The molecule has 0 unspecified atom stereocenters. The number of benzene rings is 2. The van der Waals surface area contributed by atoms with Crippen LogP contribution >= 0.6 is 15.9 Å². The van der Waals surface area contributed by atoms with Crippen LogP contribution in [0.1, 0.15) is 18.3 Å². The third kappa shape index (κ3) is 4.34. The van der Waals surface area contributed by atoms with Gasteiger partial charge in [-0.1, -0.05) is 28.9 Å². The third-order valence-corrected chi connectivity index (χ3v) is 5.23. The summed E-state index contributed by atoms with van der Waals surface area (Å²) in [4.78, 5) is 22.0. The monoisotopic (exact) mass is 449 g/mol. The highest BCUT2D eigenvalue weighted by Crippen LogP contribution is 2.30. The minimum atomic E-state index is -0.288. The zero-order valence-corrected chi connectivity index (χ0v) is 17.5. The van der Waals surface area contributed by atoms with Crippen LogP contribution in [0.5, 0.6) is 11.5 Å². The maximum Gasteiger partial charge on any atom is 0.258 e. The van der Waals surface area contributed by atoms with Crippen molar-refractivity contribution in [3.63, 3.8) is 0 Å². The summed E-state index contributed by atoms with van der Waals surface area (Å²) in [5.74, 6) is 1.25. The number of H-pyrrole nitrogens is 1. The average Bonchev–Trinajstić information content (AvgIpc) is 2.68. The fraction of sp³-hybridized carbons (Fsp3) is 0.300. The molecule has 2 aromatic carbocycles. The second-order valence-corrected chi connectivity index (χ2v) is 7.13. The molecular weight excluding hydrogens is 429 g/mol. The molecule has 1 aromatic heterocycles. The van der Waals surface area contributed by atoms with E-state index in [4.69, 9.17) is 9.47 Å². The summed E-state index contributed by atoms with van der Waals surface area (Å²) >= 11 is 3.40. The SMILES string of the molecule is CCN(Cc1nc2cc(OC)c(OC)cc2c(=O)[nH]1)Cc1ccc(F)cc1Br. The molecule has 0 bridgehead atoms. The largest absolute Gasteiger partial charge is 0.493 e. The highest BCUT2D eigenvalue weighted by Gasteiger charge is 2.14. The zero-order valence-electron chi connectivity index (χ0n) is 15.9. The number of hydrogen-bond donors (Lipinski definition) is 1. The first kappa shape index (κ1) is 20.3. The molecule has 6 nitrogen and oxygen atoms in total. The Morgan fingerprint density at radius 1 is 1.14 bits per heavy atom. The Morgan fingerprint density at radius 3 is 2.50 bits per heavy atom. The Kier molecular flexibility index (Phi) is 6.31. The Labute approximate surface area is 170 Å². The van der Waals surface area contributed by atoms with Crippen molar-refractivity contribution in [2.45, 2.75) is 20.0 Å². The van der Waals surface area contributed by atoms with E-state index in [0.29, 0.717) is 45.8 Å². The molecule has 1 heterocycles. The van der Waals surface area contributed by atoms with Gasteiger partial charge in [0.2, 0.25) is 0 Å². The van der Waals surface area contributed by atoms with E-state index in [-0.39, 0.29) is 11.4 Å². The van der Waals surface area contributed by atoms with Gasteiger partial charge < -0.3 is 14.5 Å². The second kappa shape index (κ2) is 8.70. The van der Waals surface area contributed by atoms with Gasteiger partial charge in [0.15, 0.2) is 11.5 Å². The molecule has 0 fully saturated rings. The van der Waals surface area contributed by atoms with Crippen LogP contribution in [0.4, 0.5) is 4.39 Å². The number of aromatic nitrogens is 2. The van der Waals surface area contributed by atoms with E-state index in [2.05, 4.69) is 30.8 Å². The van der Waals surface area contributed by atoms with Crippen LogP contribution in [-0.2, 0) is 13.1 Å². The van der Waals surface area contributed by atoms with Crippen molar-refractivity contribution in [2.24, 2.45) is 0 Å². The first-order chi connectivity index (χ1) is 13.4. The number of aromatic amines is 1. The van der Waals surface area contributed by atoms with Crippen molar-refractivity contribution in [3.8, 4) is 11.5 Å². The minimum absolute atomic E-state index is 0.236. The van der Waals surface area contributed by atoms with Gasteiger partial charge in [-0.2, -0.15) is 0 Å². The van der Waals surface area contributed by atoms with Crippen molar-refractivity contribution in [1.29, 1.82) is 0 Å². The van der Waals surface area contributed by atoms with E-state index in [1.165, 1.54) is 26.4 Å². The van der Waals surface area contributed by atoms with Crippen LogP contribution in [0.25, 0.3) is 10.9 Å². The average molecular weight is 450 g/mol. The molecule has 0 atom stereocenters. The van der Waals surface area contributed by atoms with Gasteiger partial charge in [0.25, 0.3) is 5.56 Å². The number of methoxy groups -OCH3 is 2. The Hall–Kier alpha value is -2.45. The molecule has 8 heteroatoms. The summed E-state index contributed by atoms with van der Waals surface area (Å²) in [7, 11) is 3.06. The van der Waals surface area contributed by atoms with E-state index in [0.717, 1.165) is 12.1 Å². The van der Waals surface area contributed by atoms with Crippen LogP contribution in [0.3, 0.4) is 0 Å². The molecular formula is C20H21BrFN3O3. The minimum Gasteiger partial charge on any atom is -0.493 e. The van der Waals surface area contributed by atoms with E-state index in [1.807, 2.05) is 6.92 Å². The van der Waals surface area contributed by atoms with Gasteiger partial charge in [0, 0.05) is 17.1 Å². The molecule has 0 aliphatic rings. The van der Waals surface area contributed by atoms with Crippen molar-refractivity contribution in [1.82, 2.24) is 14.9 Å². The third-order valence-electron chi connectivity index (χ3n) is 4.49. The van der Waals surface area contributed by atoms with Crippen LogP contribution in [-0.4, -0.2) is 35.6 Å². The van der Waals surface area contributed by atoms with Crippen LogP contribution in [0.15, 0.2) is 39.6 Å². The molecule has 3 rings (SSSR count). The summed E-state index contributed by atoms with van der Waals surface area (Å²) in [5, 5.41) is 0.436. The predicted molar refractivity (Wildman–Crippen MR) is 109 cm³/mol. The first-order valence-electron chi connectivity index (χ1n) is 8.76. The maximum absolute atomic E-state index is 13.3. The lowest BCUT2D eigenvalue weighted by Crippen LogP contribution is -2.25. The second-order valence-electron chi connectivity index (χ2n) is 6.28. The fourth-order valence-electron chi connectivity index (χ4n) is 2.97. The quantitative estimate of drug-likeness (QED) is 0.592. The van der Waals surface area contributed by atoms with E-state index < -0.39 is 0 Å². The van der Waals surface area contributed by atoms with Crippen molar-refractivity contribution >= 4 is 26.8 Å². The van der Waals surface area contributed by atoms with Crippen molar-refractivity contribution < 1.29 is 13.9 Å². The fourth-order valence-corrected chi connectivity index (χ4v) is 3.45. The molecule has 1 N–H and O–H groups in total. The number of ether oxygens (including phenoxy) is 2. The Morgan fingerprint density at radius 2 is 1.86 bits per heavy atom. The molecule has 0 aliphatic heterocycles. The van der Waals surface area contributed by atoms with E-state index >= 15 is 0 Å². The number of hydrogen-bond acceptors (Lipinski definition) is 5. The molecule has 0 aliphatic carbocycles. The molecule has 0 spiro atoms. The molecule has 0 saturated carbocycles. The van der Waals surface area contributed by atoms with Crippen molar-refractivity contribution in [3.05, 3.63) is 62.4 Å². The highest BCUT2D eigenvalue weighted by atomic mass is 79.9. The van der Waals surface area contributed by atoms with Gasteiger partial charge in [-0.3, -0.25) is 9.69 Å². The van der Waals surface area contributed by atoms with Crippen LogP contribution in [0, 0.1) is 5.82 Å². The molecule has 0 saturated heterocycles. The summed E-state index contributed by atoms with van der Waals surface area (Å²) < 4.78 is 24.6. The van der Waals surface area contributed by atoms with Crippen LogP contribution < -0.4 is 15.0 Å². The summed E-state index contributed by atoms with van der Waals surface area (Å²) in [6, 6.07) is 7.94. The molecule has 0 amide bonds. The maximum atomic E-state index is 13.3. The van der Waals surface area contributed by atoms with Gasteiger partial charge in [0.05, 0.1) is 31.7 Å². The Bertz CT molecular complexity index is 1050. The first-order valence-corrected chi connectivity index (χ1v) is 9.55. The molecule has 0 radical (unpaired) electrons. The van der Waals surface area contributed by atoms with Crippen molar-refractivity contribution in [2.75, 3.05) is 20.8 Å². The number of halogens is 2. The number of rotatable bonds is 7. The lowest BCUT2D eigenvalue weighted by atomic mass is 10.2. The summed E-state index contributed by atoms with van der Waals surface area (Å²) in [6.07, 6.45) is 0. The molecule has 3 aromatic rings. The topological polar surface area (TPSA) is 67.5 Å². The molecule has 148 valence electrons. The van der Waals surface area contributed by atoms with Gasteiger partial charge in [-0.15, -0.1) is 0 Å². The van der Waals surface area contributed by atoms with Gasteiger partial charge >= 0.3 is 0 Å². The van der Waals surface area contributed by atoms with Crippen LogP contribution in [0.2, 0.25) is 0 Å². The predicted octanol–water partition coefficient (Wildman–Crippen LogP) is 3.86. The number of fused-ring (bicyclic) bond motifs is 1. The van der Waals surface area contributed by atoms with E-state index in [9.17, 15) is 9.18 Å². The summed E-state index contributed by atoms with van der Waals surface area (Å²) in [6.45, 7) is 3.78. The normalized spacial score (nSPS) is 11.2. The standard InChI is InChI=1S/C20H21BrFN3O3/c1-4-25(10-12-5-6-13(22)7-15(12)21)11-19-23-16-9-18(28-3)17(27-2)8-14(16)20(26)24-19/h5-9H,4,10-11H2,1-3H3,(H,23,24,26).